The molecular formula is C21H14Cl3N3O2S. The Kier molecular flexibility index (Phi) is 5.75. The molecule has 0 spiro atoms. The minimum Gasteiger partial charge on any atom is -0.200 e. The first kappa shape index (κ1) is 20.8. The predicted molar refractivity (Wildman–Crippen MR) is 121 cm³/mol. The van der Waals surface area contributed by atoms with Gasteiger partial charge in [-0.25, -0.2) is 0 Å². The van der Waals surface area contributed by atoms with Crippen molar-refractivity contribution < 1.29 is 8.42 Å². The van der Waals surface area contributed by atoms with E-state index in [0.717, 1.165) is 5.56 Å². The first-order chi connectivity index (χ1) is 14.3. The Morgan fingerprint density at radius 2 is 1.47 bits per heavy atom. The van der Waals surface area contributed by atoms with Crippen LogP contribution in [0.1, 0.15) is 0 Å². The average Bonchev–Trinajstić information content (AvgIpc) is 3.12. The molecule has 0 aliphatic heterocycles. The molecule has 30 heavy (non-hydrogen) atoms. The van der Waals surface area contributed by atoms with Crippen molar-refractivity contribution in [1.82, 2.24) is 9.89 Å². The zero-order valence-corrected chi connectivity index (χ0v) is 18.3. The van der Waals surface area contributed by atoms with Crippen LogP contribution in [0.15, 0.2) is 83.8 Å². The third-order valence-corrected chi connectivity index (χ3v) is 6.42. The van der Waals surface area contributed by atoms with Gasteiger partial charge in [0.25, 0.3) is 10.0 Å². The summed E-state index contributed by atoms with van der Waals surface area (Å²) in [6.07, 6.45) is 0. The van der Waals surface area contributed by atoms with Crippen molar-refractivity contribution in [2.45, 2.75) is 4.90 Å². The largest absolute Gasteiger partial charge is 0.276 e. The highest BCUT2D eigenvalue weighted by Crippen LogP contribution is 2.33. The molecule has 0 radical (unpaired) electrons. The van der Waals surface area contributed by atoms with Crippen LogP contribution in [0.5, 0.6) is 0 Å². The van der Waals surface area contributed by atoms with Crippen LogP contribution < -0.4 is 4.83 Å². The second-order valence-electron chi connectivity index (χ2n) is 6.37. The molecule has 0 saturated heterocycles. The molecule has 9 heteroatoms. The Morgan fingerprint density at radius 3 is 2.13 bits per heavy atom. The lowest BCUT2D eigenvalue weighted by molar-refractivity contribution is 0.592. The molecule has 5 nitrogen and oxygen atoms in total. The maximum Gasteiger partial charge on any atom is 0.276 e. The highest BCUT2D eigenvalue weighted by molar-refractivity contribution is 7.92. The van der Waals surface area contributed by atoms with Gasteiger partial charge in [-0.15, -0.1) is 0 Å². The summed E-state index contributed by atoms with van der Waals surface area (Å²) in [6, 6.07) is 21.8. The summed E-state index contributed by atoms with van der Waals surface area (Å²) in [7, 11) is -3.88. The zero-order valence-electron chi connectivity index (χ0n) is 15.3. The van der Waals surface area contributed by atoms with E-state index in [1.54, 1.807) is 66.7 Å². The van der Waals surface area contributed by atoms with Gasteiger partial charge in [-0.05, 0) is 48.5 Å². The quantitative estimate of drug-likeness (QED) is 0.376. The van der Waals surface area contributed by atoms with Crippen molar-refractivity contribution in [2.75, 3.05) is 4.83 Å². The fourth-order valence-electron chi connectivity index (χ4n) is 2.87. The van der Waals surface area contributed by atoms with Crippen LogP contribution in [-0.2, 0) is 10.0 Å². The highest BCUT2D eigenvalue weighted by Gasteiger charge is 2.20. The molecule has 4 rings (SSSR count). The Hall–Kier alpha value is -2.51. The molecule has 1 aromatic heterocycles. The minimum absolute atomic E-state index is 0.113. The molecular weight excluding hydrogens is 465 g/mol. The number of nitrogens with zero attached hydrogens (tertiary/aromatic N) is 2. The maximum absolute atomic E-state index is 12.9. The summed E-state index contributed by atoms with van der Waals surface area (Å²) in [6.45, 7) is 0. The van der Waals surface area contributed by atoms with E-state index in [0.29, 0.717) is 32.0 Å². The summed E-state index contributed by atoms with van der Waals surface area (Å²) in [5.74, 6) is 0. The third kappa shape index (κ3) is 4.32. The standard InChI is InChI=1S/C21H14Cl3N3O2S/c22-15-8-6-14(7-9-15)20-13-21(18-11-10-16(23)12-19(18)24)27(25-20)26-30(28,29)17-4-2-1-3-5-17/h1-13,26H. The predicted octanol–water partition coefficient (Wildman–Crippen LogP) is 6.11. The van der Waals surface area contributed by atoms with Crippen molar-refractivity contribution >= 4 is 44.8 Å². The Morgan fingerprint density at radius 1 is 0.800 bits per heavy atom. The van der Waals surface area contributed by atoms with Crippen LogP contribution in [0.4, 0.5) is 0 Å². The van der Waals surface area contributed by atoms with Crippen molar-refractivity contribution in [3.05, 3.63) is 93.9 Å². The molecule has 4 aromatic rings. The molecule has 1 heterocycles. The topological polar surface area (TPSA) is 64.0 Å². The average molecular weight is 479 g/mol. The molecule has 0 unspecified atom stereocenters. The van der Waals surface area contributed by atoms with Crippen molar-refractivity contribution in [1.29, 1.82) is 0 Å². The summed E-state index contributed by atoms with van der Waals surface area (Å²) in [5, 5.41) is 5.88. The number of benzene rings is 3. The van der Waals surface area contributed by atoms with Crippen molar-refractivity contribution in [3.63, 3.8) is 0 Å². The molecule has 0 aliphatic carbocycles. The summed E-state index contributed by atoms with van der Waals surface area (Å²) >= 11 is 18.4. The van der Waals surface area contributed by atoms with Crippen LogP contribution in [0, 0.1) is 0 Å². The summed E-state index contributed by atoms with van der Waals surface area (Å²) < 4.78 is 25.7. The van der Waals surface area contributed by atoms with E-state index in [-0.39, 0.29) is 4.90 Å². The lowest BCUT2D eigenvalue weighted by Gasteiger charge is -2.12. The van der Waals surface area contributed by atoms with Crippen LogP contribution in [0.2, 0.25) is 15.1 Å². The first-order valence-electron chi connectivity index (χ1n) is 8.73. The van der Waals surface area contributed by atoms with E-state index >= 15 is 0 Å². The normalized spacial score (nSPS) is 11.4. The molecule has 0 atom stereocenters. The molecule has 0 fully saturated rings. The molecule has 152 valence electrons. The summed E-state index contributed by atoms with van der Waals surface area (Å²) in [4.78, 5) is 3.81. The van der Waals surface area contributed by atoms with Gasteiger partial charge >= 0.3 is 0 Å². The van der Waals surface area contributed by atoms with Gasteiger partial charge in [0.2, 0.25) is 0 Å². The van der Waals surface area contributed by atoms with Gasteiger partial charge in [0, 0.05) is 21.2 Å². The van der Waals surface area contributed by atoms with Crippen molar-refractivity contribution in [3.8, 4) is 22.5 Å². The van der Waals surface area contributed by atoms with E-state index in [1.165, 1.54) is 16.9 Å². The number of hydrogen-bond donors (Lipinski definition) is 1. The first-order valence-corrected chi connectivity index (χ1v) is 11.3. The molecule has 3 aromatic carbocycles. The van der Waals surface area contributed by atoms with Crippen LogP contribution in [0.25, 0.3) is 22.5 Å². The van der Waals surface area contributed by atoms with Gasteiger partial charge in [-0.3, -0.25) is 0 Å². The van der Waals surface area contributed by atoms with E-state index in [1.807, 2.05) is 0 Å². The molecule has 1 N–H and O–H groups in total. The second kappa shape index (κ2) is 8.32. The number of sulfonamides is 1. The third-order valence-electron chi connectivity index (χ3n) is 4.32. The van der Waals surface area contributed by atoms with Gasteiger partial charge in [-0.1, -0.05) is 65.1 Å². The fourth-order valence-corrected chi connectivity index (χ4v) is 4.49. The number of hydrogen-bond acceptors (Lipinski definition) is 3. The lowest BCUT2D eigenvalue weighted by Crippen LogP contribution is -2.25. The smallest absolute Gasteiger partial charge is 0.200 e. The summed E-state index contributed by atoms with van der Waals surface area (Å²) in [5.41, 5.74) is 2.34. The van der Waals surface area contributed by atoms with E-state index in [4.69, 9.17) is 34.8 Å². The van der Waals surface area contributed by atoms with Gasteiger partial charge in [0.1, 0.15) is 0 Å². The van der Waals surface area contributed by atoms with Crippen LogP contribution in [-0.4, -0.2) is 18.3 Å². The Bertz CT molecular complexity index is 1310. The van der Waals surface area contributed by atoms with Crippen LogP contribution >= 0.6 is 34.8 Å². The van der Waals surface area contributed by atoms with Gasteiger partial charge in [0.15, 0.2) is 0 Å². The van der Waals surface area contributed by atoms with Gasteiger partial charge in [0.05, 0.1) is 21.3 Å². The Labute approximate surface area is 188 Å². The number of rotatable bonds is 5. The zero-order chi connectivity index (χ0) is 21.3. The Balaban J connectivity index is 1.84. The number of aromatic nitrogens is 2. The number of halogens is 3. The SMILES string of the molecule is O=S(=O)(Nn1nc(-c2ccc(Cl)cc2)cc1-c1ccc(Cl)cc1Cl)c1ccccc1. The van der Waals surface area contributed by atoms with Gasteiger partial charge < -0.3 is 0 Å². The van der Waals surface area contributed by atoms with E-state index in [2.05, 4.69) is 9.93 Å². The van der Waals surface area contributed by atoms with Gasteiger partial charge in [-0.2, -0.15) is 23.1 Å². The number of nitrogens with one attached hydrogen (secondary N) is 1. The highest BCUT2D eigenvalue weighted by atomic mass is 35.5. The second-order valence-corrected chi connectivity index (χ2v) is 9.31. The minimum atomic E-state index is -3.88. The molecule has 0 saturated carbocycles. The monoisotopic (exact) mass is 477 g/mol. The maximum atomic E-state index is 12.9. The van der Waals surface area contributed by atoms with E-state index in [9.17, 15) is 8.42 Å². The lowest BCUT2D eigenvalue weighted by atomic mass is 10.1. The molecule has 0 bridgehead atoms. The fraction of sp³-hybridized carbons (Fsp3) is 0. The van der Waals surface area contributed by atoms with E-state index < -0.39 is 10.0 Å². The van der Waals surface area contributed by atoms with Crippen LogP contribution in [0.3, 0.4) is 0 Å². The molecule has 0 aliphatic rings. The van der Waals surface area contributed by atoms with Crippen molar-refractivity contribution in [2.24, 2.45) is 0 Å². The molecule has 0 amide bonds.